The molecule has 3 heteroatoms. The van der Waals surface area contributed by atoms with Crippen LogP contribution in [0.4, 0.5) is 11.4 Å². The maximum atomic E-state index is 10.2. The van der Waals surface area contributed by atoms with Crippen molar-refractivity contribution in [3.05, 3.63) is 42.5 Å². The molecule has 0 radical (unpaired) electrons. The Bertz CT molecular complexity index is 675. The van der Waals surface area contributed by atoms with Crippen LogP contribution in [-0.4, -0.2) is 5.11 Å². The highest BCUT2D eigenvalue weighted by atomic mass is 16.3. The number of aromatic hydroxyl groups is 1. The van der Waals surface area contributed by atoms with Gasteiger partial charge < -0.3 is 16.6 Å². The number of nitrogen functional groups attached to an aromatic ring is 2. The van der Waals surface area contributed by atoms with E-state index in [1.54, 1.807) is 12.1 Å². The predicted octanol–water partition coefficient (Wildman–Crippen LogP) is 2.86. The third-order valence-corrected chi connectivity index (χ3v) is 2.97. The Hall–Kier alpha value is -2.42. The van der Waals surface area contributed by atoms with Crippen LogP contribution in [0.2, 0.25) is 0 Å². The molecule has 0 atom stereocenters. The van der Waals surface area contributed by atoms with Gasteiger partial charge in [0.25, 0.3) is 0 Å². The van der Waals surface area contributed by atoms with E-state index < -0.39 is 0 Å². The van der Waals surface area contributed by atoms with Gasteiger partial charge in [-0.25, -0.2) is 0 Å². The van der Waals surface area contributed by atoms with E-state index in [0.29, 0.717) is 11.4 Å². The highest BCUT2D eigenvalue weighted by Crippen LogP contribution is 2.35. The summed E-state index contributed by atoms with van der Waals surface area (Å²) >= 11 is 0. The molecule has 0 unspecified atom stereocenters. The fourth-order valence-electron chi connectivity index (χ4n) is 2.15. The molecule has 0 bridgehead atoms. The number of benzene rings is 3. The van der Waals surface area contributed by atoms with Crippen LogP contribution in [0, 0.1) is 0 Å². The van der Waals surface area contributed by atoms with E-state index >= 15 is 0 Å². The first-order chi connectivity index (χ1) is 8.15. The van der Waals surface area contributed by atoms with Crippen molar-refractivity contribution in [1.82, 2.24) is 0 Å². The molecule has 3 aromatic carbocycles. The van der Waals surface area contributed by atoms with Crippen LogP contribution in [-0.2, 0) is 0 Å². The maximum absolute atomic E-state index is 10.2. The minimum atomic E-state index is 0.275. The van der Waals surface area contributed by atoms with Crippen molar-refractivity contribution < 1.29 is 5.11 Å². The lowest BCUT2D eigenvalue weighted by Gasteiger charge is -2.07. The second-order valence-electron chi connectivity index (χ2n) is 4.19. The number of fused-ring (bicyclic) bond motifs is 2. The van der Waals surface area contributed by atoms with Gasteiger partial charge in [0, 0.05) is 22.1 Å². The summed E-state index contributed by atoms with van der Waals surface area (Å²) in [5.41, 5.74) is 12.8. The van der Waals surface area contributed by atoms with E-state index in [9.17, 15) is 5.11 Å². The molecule has 84 valence electrons. The van der Waals surface area contributed by atoms with Crippen LogP contribution in [0.25, 0.3) is 21.5 Å². The third kappa shape index (κ3) is 1.44. The van der Waals surface area contributed by atoms with Gasteiger partial charge in [-0.05, 0) is 53.2 Å². The Kier molecular flexibility index (Phi) is 1.89. The largest absolute Gasteiger partial charge is 0.507 e. The van der Waals surface area contributed by atoms with Crippen molar-refractivity contribution in [1.29, 1.82) is 0 Å². The first kappa shape index (κ1) is 9.78. The summed E-state index contributed by atoms with van der Waals surface area (Å²) in [5.74, 6) is 0.275. The van der Waals surface area contributed by atoms with Gasteiger partial charge in [-0.1, -0.05) is 0 Å². The summed E-state index contributed by atoms with van der Waals surface area (Å²) in [7, 11) is 0. The molecule has 5 N–H and O–H groups in total. The standard InChI is InChI=1S/C14H12N2O/c15-10-1-3-12-8(6-10)5-9-7-11(16)2-4-13(9)14(12)17/h1-7,17H,15-16H2. The van der Waals surface area contributed by atoms with Crippen LogP contribution in [0.15, 0.2) is 42.5 Å². The van der Waals surface area contributed by atoms with Crippen molar-refractivity contribution in [3.8, 4) is 5.75 Å². The van der Waals surface area contributed by atoms with E-state index in [4.69, 9.17) is 11.5 Å². The summed E-state index contributed by atoms with van der Waals surface area (Å²) < 4.78 is 0. The third-order valence-electron chi connectivity index (χ3n) is 2.97. The molecular formula is C14H12N2O. The molecule has 0 saturated heterocycles. The smallest absolute Gasteiger partial charge is 0.131 e. The Labute approximate surface area is 98.3 Å². The van der Waals surface area contributed by atoms with Gasteiger partial charge >= 0.3 is 0 Å². The molecule has 0 aliphatic heterocycles. The minimum Gasteiger partial charge on any atom is -0.507 e. The topological polar surface area (TPSA) is 72.3 Å². The van der Waals surface area contributed by atoms with Gasteiger partial charge in [-0.15, -0.1) is 0 Å². The van der Waals surface area contributed by atoms with Crippen LogP contribution in [0.3, 0.4) is 0 Å². The van der Waals surface area contributed by atoms with E-state index in [2.05, 4.69) is 0 Å². The fraction of sp³-hybridized carbons (Fsp3) is 0. The van der Waals surface area contributed by atoms with Gasteiger partial charge in [0.1, 0.15) is 5.75 Å². The lowest BCUT2D eigenvalue weighted by Crippen LogP contribution is -1.87. The van der Waals surface area contributed by atoms with Gasteiger partial charge in [-0.3, -0.25) is 0 Å². The molecule has 0 heterocycles. The monoisotopic (exact) mass is 224 g/mol. The van der Waals surface area contributed by atoms with Crippen molar-refractivity contribution in [2.75, 3.05) is 11.5 Å². The molecule has 0 aliphatic carbocycles. The Morgan fingerprint density at radius 2 is 1.18 bits per heavy atom. The summed E-state index contributed by atoms with van der Waals surface area (Å²) in [6.07, 6.45) is 0. The Morgan fingerprint density at radius 3 is 1.65 bits per heavy atom. The first-order valence-corrected chi connectivity index (χ1v) is 5.35. The second kappa shape index (κ2) is 3.28. The number of phenols is 1. The van der Waals surface area contributed by atoms with Gasteiger partial charge in [-0.2, -0.15) is 0 Å². The number of rotatable bonds is 0. The van der Waals surface area contributed by atoms with Gasteiger partial charge in [0.2, 0.25) is 0 Å². The van der Waals surface area contributed by atoms with Crippen LogP contribution < -0.4 is 11.5 Å². The molecule has 3 nitrogen and oxygen atoms in total. The molecule has 0 saturated carbocycles. The normalized spacial score (nSPS) is 11.1. The average molecular weight is 224 g/mol. The van der Waals surface area contributed by atoms with Crippen molar-refractivity contribution in [2.45, 2.75) is 0 Å². The molecule has 0 fully saturated rings. The summed E-state index contributed by atoms with van der Waals surface area (Å²) in [6.45, 7) is 0. The van der Waals surface area contributed by atoms with Crippen LogP contribution >= 0.6 is 0 Å². The molecule has 0 aromatic heterocycles. The first-order valence-electron chi connectivity index (χ1n) is 5.35. The Morgan fingerprint density at radius 1 is 0.706 bits per heavy atom. The zero-order valence-corrected chi connectivity index (χ0v) is 9.14. The molecule has 0 spiro atoms. The second-order valence-corrected chi connectivity index (χ2v) is 4.19. The number of nitrogens with two attached hydrogens (primary N) is 2. The molecule has 0 aliphatic rings. The zero-order valence-electron chi connectivity index (χ0n) is 9.14. The van der Waals surface area contributed by atoms with Gasteiger partial charge in [0.05, 0.1) is 0 Å². The van der Waals surface area contributed by atoms with Crippen molar-refractivity contribution in [3.63, 3.8) is 0 Å². The van der Waals surface area contributed by atoms with E-state index in [-0.39, 0.29) is 5.75 Å². The van der Waals surface area contributed by atoms with Crippen molar-refractivity contribution >= 4 is 32.9 Å². The molecular weight excluding hydrogens is 212 g/mol. The molecule has 3 rings (SSSR count). The van der Waals surface area contributed by atoms with E-state index in [0.717, 1.165) is 21.5 Å². The molecule has 3 aromatic rings. The number of hydrogen-bond acceptors (Lipinski definition) is 3. The van der Waals surface area contributed by atoms with E-state index in [1.165, 1.54) is 0 Å². The quantitative estimate of drug-likeness (QED) is 0.406. The van der Waals surface area contributed by atoms with Crippen LogP contribution in [0.1, 0.15) is 0 Å². The summed E-state index contributed by atoms with van der Waals surface area (Å²) in [6, 6.07) is 12.9. The molecule has 0 amide bonds. The number of phenolic OH excluding ortho intramolecular Hbond substituents is 1. The fourth-order valence-corrected chi connectivity index (χ4v) is 2.15. The highest BCUT2D eigenvalue weighted by molar-refractivity contribution is 6.06. The van der Waals surface area contributed by atoms with Crippen molar-refractivity contribution in [2.24, 2.45) is 0 Å². The lowest BCUT2D eigenvalue weighted by molar-refractivity contribution is 0.488. The summed E-state index contributed by atoms with van der Waals surface area (Å²) in [5, 5.41) is 13.6. The maximum Gasteiger partial charge on any atom is 0.131 e. The lowest BCUT2D eigenvalue weighted by atomic mass is 10.0. The van der Waals surface area contributed by atoms with E-state index in [1.807, 2.05) is 30.3 Å². The highest BCUT2D eigenvalue weighted by Gasteiger charge is 2.06. The minimum absolute atomic E-state index is 0.275. The SMILES string of the molecule is Nc1ccc2c(O)c3ccc(N)cc3cc2c1. The number of anilines is 2. The molecule has 17 heavy (non-hydrogen) atoms. The Balaban J connectivity index is 2.52. The zero-order chi connectivity index (χ0) is 12.0. The van der Waals surface area contributed by atoms with Gasteiger partial charge in [0.15, 0.2) is 0 Å². The number of hydrogen-bond donors (Lipinski definition) is 3. The average Bonchev–Trinajstić information content (AvgIpc) is 2.28. The summed E-state index contributed by atoms with van der Waals surface area (Å²) in [4.78, 5) is 0. The van der Waals surface area contributed by atoms with Crippen LogP contribution in [0.5, 0.6) is 5.75 Å². The predicted molar refractivity (Wildman–Crippen MR) is 71.9 cm³/mol.